The van der Waals surface area contributed by atoms with E-state index in [0.717, 1.165) is 29.5 Å². The molecule has 2 aromatic rings. The molecule has 3 rings (SSSR count). The van der Waals surface area contributed by atoms with Crippen molar-refractivity contribution in [3.8, 4) is 0 Å². The van der Waals surface area contributed by atoms with Gasteiger partial charge in [-0.15, -0.1) is 11.3 Å². The summed E-state index contributed by atoms with van der Waals surface area (Å²) < 4.78 is 0. The minimum atomic E-state index is -1.06. The van der Waals surface area contributed by atoms with Gasteiger partial charge >= 0.3 is 5.97 Å². The zero-order valence-electron chi connectivity index (χ0n) is 14.5. The summed E-state index contributed by atoms with van der Waals surface area (Å²) in [6.45, 7) is 1.43. The van der Waals surface area contributed by atoms with E-state index < -0.39 is 12.0 Å². The summed E-state index contributed by atoms with van der Waals surface area (Å²) in [5.41, 5.74) is 1.10. The maximum absolute atomic E-state index is 12.4. The first-order chi connectivity index (χ1) is 12.5. The van der Waals surface area contributed by atoms with Gasteiger partial charge in [-0.2, -0.15) is 11.8 Å². The number of hydrogen-bond acceptors (Lipinski definition) is 6. The molecule has 3 N–H and O–H groups in total. The van der Waals surface area contributed by atoms with Crippen LogP contribution in [0.3, 0.4) is 0 Å². The lowest BCUT2D eigenvalue weighted by molar-refractivity contribution is -0.141. The highest BCUT2D eigenvalue weighted by Crippen LogP contribution is 2.33. The molecular weight excluding hydrogens is 374 g/mol. The number of H-pyrrole nitrogens is 1. The summed E-state index contributed by atoms with van der Waals surface area (Å²) in [6, 6.07) is -0.891. The predicted molar refractivity (Wildman–Crippen MR) is 103 cm³/mol. The molecule has 0 saturated carbocycles. The van der Waals surface area contributed by atoms with Gasteiger partial charge in [-0.25, -0.2) is 4.98 Å². The van der Waals surface area contributed by atoms with Crippen LogP contribution in [0.4, 0.5) is 0 Å². The molecule has 1 amide bonds. The summed E-state index contributed by atoms with van der Waals surface area (Å²) in [6.07, 6.45) is 4.51. The van der Waals surface area contributed by atoms with Gasteiger partial charge in [-0.3, -0.25) is 14.4 Å². The average molecular weight is 396 g/mol. The van der Waals surface area contributed by atoms with Crippen molar-refractivity contribution >= 4 is 45.2 Å². The van der Waals surface area contributed by atoms with Gasteiger partial charge in [0.25, 0.3) is 5.56 Å². The van der Waals surface area contributed by atoms with Crippen LogP contribution in [0.2, 0.25) is 0 Å². The van der Waals surface area contributed by atoms with Gasteiger partial charge in [0.2, 0.25) is 5.91 Å². The zero-order chi connectivity index (χ0) is 18.7. The molecule has 2 heterocycles. The van der Waals surface area contributed by atoms with Crippen LogP contribution in [0.5, 0.6) is 0 Å². The highest BCUT2D eigenvalue weighted by Gasteiger charge is 2.19. The van der Waals surface area contributed by atoms with Gasteiger partial charge < -0.3 is 15.4 Å². The van der Waals surface area contributed by atoms with Crippen LogP contribution >= 0.6 is 23.1 Å². The summed E-state index contributed by atoms with van der Waals surface area (Å²) in [4.78, 5) is 44.3. The number of carbonyl (C=O) groups excluding carboxylic acids is 1. The Bertz CT molecular complexity index is 890. The Morgan fingerprint density at radius 2 is 2.15 bits per heavy atom. The number of aromatic amines is 1. The number of hydrogen-bond donors (Lipinski definition) is 3. The molecule has 1 unspecified atom stereocenters. The smallest absolute Gasteiger partial charge is 0.325 e. The van der Waals surface area contributed by atoms with Crippen molar-refractivity contribution < 1.29 is 14.7 Å². The third-order valence-electron chi connectivity index (χ3n) is 4.33. The Morgan fingerprint density at radius 3 is 2.92 bits per heavy atom. The molecule has 7 nitrogen and oxygen atoms in total. The Hall–Kier alpha value is -1.87. The first kappa shape index (κ1) is 18.9. The largest absolute Gasteiger partial charge is 0.480 e. The molecule has 0 aliphatic heterocycles. The number of aliphatic carboxylic acids is 1. The molecule has 0 spiro atoms. The van der Waals surface area contributed by atoms with Gasteiger partial charge in [-0.1, -0.05) is 0 Å². The van der Waals surface area contributed by atoms with Crippen molar-refractivity contribution in [1.29, 1.82) is 0 Å². The van der Waals surface area contributed by atoms with Gasteiger partial charge in [-0.05, 0) is 38.2 Å². The van der Waals surface area contributed by atoms with Crippen LogP contribution < -0.4 is 10.9 Å². The molecule has 140 valence electrons. The molecule has 1 atom stereocenters. The number of thiophene rings is 1. The van der Waals surface area contributed by atoms with Gasteiger partial charge in [0.05, 0.1) is 11.1 Å². The number of carboxylic acid groups (broad SMARTS) is 1. The lowest BCUT2D eigenvalue weighted by atomic mass is 9.97. The number of carboxylic acids is 1. The van der Waals surface area contributed by atoms with E-state index in [9.17, 15) is 14.4 Å². The van der Waals surface area contributed by atoms with E-state index >= 15 is 0 Å². The summed E-state index contributed by atoms with van der Waals surface area (Å²) >= 11 is 3.11. The zero-order valence-corrected chi connectivity index (χ0v) is 16.1. The van der Waals surface area contributed by atoms with Crippen molar-refractivity contribution in [2.24, 2.45) is 0 Å². The van der Waals surface area contributed by atoms with Crippen LogP contribution in [-0.2, 0) is 28.2 Å². The van der Waals surface area contributed by atoms with E-state index in [1.54, 1.807) is 11.3 Å². The molecule has 2 aromatic heterocycles. The lowest BCUT2D eigenvalue weighted by Crippen LogP contribution is -2.38. The molecule has 1 aliphatic rings. The maximum atomic E-state index is 12.4. The molecule has 26 heavy (non-hydrogen) atoms. The number of aryl methyl sites for hydroxylation is 2. The number of aromatic nitrogens is 2. The predicted octanol–water partition coefficient (Wildman–Crippen LogP) is 2.08. The van der Waals surface area contributed by atoms with Crippen LogP contribution in [0.1, 0.15) is 42.5 Å². The topological polar surface area (TPSA) is 112 Å². The molecule has 0 aromatic carbocycles. The van der Waals surface area contributed by atoms with Crippen molar-refractivity contribution in [2.75, 3.05) is 5.75 Å². The Kier molecular flexibility index (Phi) is 5.98. The Morgan fingerprint density at radius 1 is 1.38 bits per heavy atom. The first-order valence-electron chi connectivity index (χ1n) is 8.59. The van der Waals surface area contributed by atoms with Crippen LogP contribution in [-0.4, -0.2) is 38.7 Å². The van der Waals surface area contributed by atoms with Crippen molar-refractivity contribution in [2.45, 2.75) is 50.8 Å². The molecule has 9 heteroatoms. The minimum absolute atomic E-state index is 0.0713. The summed E-state index contributed by atoms with van der Waals surface area (Å²) in [5, 5.41) is 11.9. The number of amides is 1. The number of carbonyl (C=O) groups is 2. The molecule has 1 aliphatic carbocycles. The SMILES string of the molecule is CC(NC(=O)CCSCc1nc2sc3c(c2c(=O)[nH]1)CCCC3)C(=O)O. The Balaban J connectivity index is 1.57. The van der Waals surface area contributed by atoms with Crippen molar-refractivity contribution in [1.82, 2.24) is 15.3 Å². The second-order valence-electron chi connectivity index (χ2n) is 6.33. The van der Waals surface area contributed by atoms with E-state index in [4.69, 9.17) is 5.11 Å². The molecule has 0 fully saturated rings. The van der Waals surface area contributed by atoms with E-state index in [2.05, 4.69) is 15.3 Å². The first-order valence-corrected chi connectivity index (χ1v) is 10.6. The van der Waals surface area contributed by atoms with Crippen LogP contribution in [0.15, 0.2) is 4.79 Å². The molecule has 0 bridgehead atoms. The second kappa shape index (κ2) is 8.22. The van der Waals surface area contributed by atoms with E-state index in [-0.39, 0.29) is 17.9 Å². The number of fused-ring (bicyclic) bond motifs is 3. The fraction of sp³-hybridized carbons (Fsp3) is 0.529. The fourth-order valence-corrected chi connectivity index (χ4v) is 5.07. The number of rotatable bonds is 7. The van der Waals surface area contributed by atoms with Crippen LogP contribution in [0, 0.1) is 0 Å². The van der Waals surface area contributed by atoms with Gasteiger partial charge in [0.15, 0.2) is 0 Å². The fourth-order valence-electron chi connectivity index (χ4n) is 2.99. The van der Waals surface area contributed by atoms with E-state index in [0.29, 0.717) is 17.3 Å². The van der Waals surface area contributed by atoms with Gasteiger partial charge in [0, 0.05) is 17.1 Å². The van der Waals surface area contributed by atoms with E-state index in [1.165, 1.54) is 35.5 Å². The van der Waals surface area contributed by atoms with E-state index in [1.807, 2.05) is 0 Å². The molecule has 0 radical (unpaired) electrons. The van der Waals surface area contributed by atoms with Crippen molar-refractivity contribution in [3.63, 3.8) is 0 Å². The summed E-state index contributed by atoms with van der Waals surface area (Å²) in [7, 11) is 0. The maximum Gasteiger partial charge on any atom is 0.325 e. The number of nitrogens with zero attached hydrogens (tertiary/aromatic N) is 1. The number of nitrogens with one attached hydrogen (secondary N) is 2. The van der Waals surface area contributed by atoms with Gasteiger partial charge in [0.1, 0.15) is 16.7 Å². The highest BCUT2D eigenvalue weighted by atomic mass is 32.2. The Labute approximate surface area is 158 Å². The molecule has 0 saturated heterocycles. The minimum Gasteiger partial charge on any atom is -0.480 e. The number of thioether (sulfide) groups is 1. The second-order valence-corrected chi connectivity index (χ2v) is 8.52. The quantitative estimate of drug-likeness (QED) is 0.619. The third kappa shape index (κ3) is 4.27. The monoisotopic (exact) mass is 395 g/mol. The standard InChI is InChI=1S/C17H21N3O4S2/c1-9(17(23)24)18-13(21)6-7-25-8-12-19-15(22)14-10-4-2-3-5-11(10)26-16(14)20-12/h9H,2-8H2,1H3,(H,18,21)(H,23,24)(H,19,20,22). The highest BCUT2D eigenvalue weighted by molar-refractivity contribution is 7.98. The average Bonchev–Trinajstić information content (AvgIpc) is 2.97. The van der Waals surface area contributed by atoms with Crippen LogP contribution in [0.25, 0.3) is 10.2 Å². The lowest BCUT2D eigenvalue weighted by Gasteiger charge is -2.09. The van der Waals surface area contributed by atoms with Crippen molar-refractivity contribution in [3.05, 3.63) is 26.6 Å². The third-order valence-corrected chi connectivity index (χ3v) is 6.49. The molecular formula is C17H21N3O4S2. The normalized spacial score (nSPS) is 14.8. The summed E-state index contributed by atoms with van der Waals surface area (Å²) in [5.74, 6) is 0.302.